The number of benzene rings is 3. The van der Waals surface area contributed by atoms with Gasteiger partial charge in [-0.25, -0.2) is 4.79 Å². The first kappa shape index (κ1) is 23.4. The third-order valence-electron chi connectivity index (χ3n) is 7.63. The summed E-state index contributed by atoms with van der Waals surface area (Å²) in [6, 6.07) is 22.8. The van der Waals surface area contributed by atoms with Crippen molar-refractivity contribution >= 4 is 45.6 Å². The maximum absolute atomic E-state index is 14.6. The second kappa shape index (κ2) is 8.53. The lowest BCUT2D eigenvalue weighted by atomic mass is 9.63. The van der Waals surface area contributed by atoms with Crippen molar-refractivity contribution in [3.05, 3.63) is 106 Å². The summed E-state index contributed by atoms with van der Waals surface area (Å²) in [6.07, 6.45) is 0.0731. The molecule has 186 valence electrons. The van der Waals surface area contributed by atoms with Gasteiger partial charge in [-0.1, -0.05) is 66.2 Å². The summed E-state index contributed by atoms with van der Waals surface area (Å²) in [7, 11) is 1.77. The monoisotopic (exact) mass is 512 g/mol. The normalized spacial score (nSPS) is 20.8. The van der Waals surface area contributed by atoms with Gasteiger partial charge < -0.3 is 19.7 Å². The third-order valence-corrected chi connectivity index (χ3v) is 7.86. The van der Waals surface area contributed by atoms with Gasteiger partial charge in [0.05, 0.1) is 12.3 Å². The second-order valence-corrected chi connectivity index (χ2v) is 9.90. The molecule has 1 amide bonds. The molecule has 7 heteroatoms. The Morgan fingerprint density at radius 1 is 1.14 bits per heavy atom. The minimum absolute atomic E-state index is 0.0433. The lowest BCUT2D eigenvalue weighted by Gasteiger charge is -2.36. The Morgan fingerprint density at radius 2 is 1.86 bits per heavy atom. The molecule has 1 aromatic heterocycles. The first-order chi connectivity index (χ1) is 17.9. The highest BCUT2D eigenvalue weighted by atomic mass is 35.5. The Hall–Kier alpha value is -4.03. The first-order valence-electron chi connectivity index (χ1n) is 12.2. The minimum atomic E-state index is -1.23. The molecule has 0 fully saturated rings. The zero-order valence-corrected chi connectivity index (χ0v) is 21.2. The number of rotatable bonds is 3. The SMILES string of the molecule is CCOC(=O)C1=C(O)C[C@@H](c2ccccc2)[C@@]2(C(=O)N(C)c3ccccc32)c2c1[nH]c1cc(Cl)ccc21. The van der Waals surface area contributed by atoms with Gasteiger partial charge in [0, 0.05) is 46.6 Å². The predicted octanol–water partition coefficient (Wildman–Crippen LogP) is 6.10. The average Bonchev–Trinajstić information content (AvgIpc) is 3.32. The van der Waals surface area contributed by atoms with E-state index in [2.05, 4.69) is 4.98 Å². The van der Waals surface area contributed by atoms with Crippen LogP contribution >= 0.6 is 11.6 Å². The van der Waals surface area contributed by atoms with Gasteiger partial charge in [-0.2, -0.15) is 0 Å². The lowest BCUT2D eigenvalue weighted by molar-refractivity contribution is -0.136. The number of amides is 1. The number of nitrogens with zero attached hydrogens (tertiary/aromatic N) is 1. The maximum atomic E-state index is 14.6. The zero-order chi connectivity index (χ0) is 25.9. The number of likely N-dealkylation sites (N-methyl/N-ethyl adjacent to an activating group) is 1. The van der Waals surface area contributed by atoms with Crippen LogP contribution in [0.25, 0.3) is 16.5 Å². The van der Waals surface area contributed by atoms with Crippen LogP contribution in [-0.4, -0.2) is 35.6 Å². The molecule has 1 aliphatic heterocycles. The summed E-state index contributed by atoms with van der Waals surface area (Å²) in [5.74, 6) is -1.40. The van der Waals surface area contributed by atoms with Crippen LogP contribution in [0, 0.1) is 0 Å². The molecule has 0 bridgehead atoms. The highest BCUT2D eigenvalue weighted by Gasteiger charge is 2.60. The maximum Gasteiger partial charge on any atom is 0.343 e. The third kappa shape index (κ3) is 3.18. The number of aromatic amines is 1. The molecule has 6 nitrogen and oxygen atoms in total. The van der Waals surface area contributed by atoms with E-state index in [0.29, 0.717) is 21.8 Å². The summed E-state index contributed by atoms with van der Waals surface area (Å²) < 4.78 is 5.40. The second-order valence-electron chi connectivity index (χ2n) is 9.46. The number of carbonyl (C=O) groups excluding carboxylic acids is 2. The quantitative estimate of drug-likeness (QED) is 0.325. The Balaban J connectivity index is 1.81. The van der Waals surface area contributed by atoms with Crippen LogP contribution in [-0.2, 0) is 19.7 Å². The van der Waals surface area contributed by atoms with E-state index in [-0.39, 0.29) is 30.3 Å². The van der Waals surface area contributed by atoms with E-state index in [4.69, 9.17) is 16.3 Å². The van der Waals surface area contributed by atoms with Crippen molar-refractivity contribution in [3.8, 4) is 0 Å². The van der Waals surface area contributed by atoms with Gasteiger partial charge >= 0.3 is 5.97 Å². The van der Waals surface area contributed by atoms with Gasteiger partial charge in [0.25, 0.3) is 0 Å². The number of aromatic nitrogens is 1. The average molecular weight is 513 g/mol. The van der Waals surface area contributed by atoms with E-state index in [1.54, 1.807) is 31.0 Å². The van der Waals surface area contributed by atoms with E-state index in [1.165, 1.54) is 0 Å². The fourth-order valence-corrected chi connectivity index (χ4v) is 6.35. The summed E-state index contributed by atoms with van der Waals surface area (Å²) in [6.45, 7) is 1.87. The molecule has 1 spiro atoms. The molecule has 0 saturated heterocycles. The Morgan fingerprint density at radius 3 is 2.62 bits per heavy atom. The lowest BCUT2D eigenvalue weighted by Crippen LogP contribution is -2.44. The number of nitrogens with one attached hydrogen (secondary N) is 1. The van der Waals surface area contributed by atoms with E-state index in [9.17, 15) is 14.7 Å². The standard InChI is InChI=1S/C30H25ClN2O4/c1-3-37-28(35)25-24(34)16-21(17-9-5-4-6-10-17)30(20-11-7-8-12-23(20)33(2)29(30)36)26-19-14-13-18(31)15-22(19)32-27(25)26/h4-15,21,32,34H,3,16H2,1-2H3/t21-,30+/m0/s1. The number of allylic oxidation sites excluding steroid dienone is 1. The summed E-state index contributed by atoms with van der Waals surface area (Å²) >= 11 is 6.35. The summed E-state index contributed by atoms with van der Waals surface area (Å²) in [5.41, 5.74) is 3.00. The van der Waals surface area contributed by atoms with Crippen LogP contribution in [0.15, 0.2) is 78.6 Å². The van der Waals surface area contributed by atoms with Crippen LogP contribution < -0.4 is 4.90 Å². The molecule has 2 N–H and O–H groups in total. The molecule has 0 saturated carbocycles. The largest absolute Gasteiger partial charge is 0.511 e. The molecule has 37 heavy (non-hydrogen) atoms. The summed E-state index contributed by atoms with van der Waals surface area (Å²) in [5, 5.41) is 12.8. The molecule has 3 aromatic carbocycles. The van der Waals surface area contributed by atoms with Crippen LogP contribution in [0.3, 0.4) is 0 Å². The van der Waals surface area contributed by atoms with E-state index < -0.39 is 17.3 Å². The summed E-state index contributed by atoms with van der Waals surface area (Å²) in [4.78, 5) is 33.0. The van der Waals surface area contributed by atoms with Gasteiger partial charge in [0.1, 0.15) is 16.7 Å². The molecule has 6 rings (SSSR count). The highest BCUT2D eigenvalue weighted by molar-refractivity contribution is 6.31. The van der Waals surface area contributed by atoms with Crippen molar-refractivity contribution < 1.29 is 19.4 Å². The Bertz CT molecular complexity index is 1610. The Labute approximate surface area is 219 Å². The van der Waals surface area contributed by atoms with Crippen molar-refractivity contribution in [2.24, 2.45) is 0 Å². The molecule has 2 aliphatic rings. The van der Waals surface area contributed by atoms with Gasteiger partial charge in [-0.3, -0.25) is 4.79 Å². The molecule has 0 unspecified atom stereocenters. The Kier molecular flexibility index (Phi) is 5.39. The number of para-hydroxylation sites is 1. The van der Waals surface area contributed by atoms with Gasteiger partial charge in [-0.15, -0.1) is 0 Å². The smallest absolute Gasteiger partial charge is 0.343 e. The number of aliphatic hydroxyl groups is 1. The molecular weight excluding hydrogens is 488 g/mol. The predicted molar refractivity (Wildman–Crippen MR) is 144 cm³/mol. The molecular formula is C30H25ClN2O4. The van der Waals surface area contributed by atoms with Crippen LogP contribution in [0.1, 0.15) is 41.6 Å². The molecule has 2 heterocycles. The van der Waals surface area contributed by atoms with Crippen molar-refractivity contribution in [2.45, 2.75) is 24.7 Å². The first-order valence-corrected chi connectivity index (χ1v) is 12.6. The highest BCUT2D eigenvalue weighted by Crippen LogP contribution is 2.59. The molecule has 2 atom stereocenters. The van der Waals surface area contributed by atoms with Crippen LogP contribution in [0.2, 0.25) is 5.02 Å². The zero-order valence-electron chi connectivity index (χ0n) is 20.4. The van der Waals surface area contributed by atoms with Crippen molar-refractivity contribution in [3.63, 3.8) is 0 Å². The number of hydrogen-bond acceptors (Lipinski definition) is 4. The van der Waals surface area contributed by atoms with Gasteiger partial charge in [0.2, 0.25) is 5.91 Å². The van der Waals surface area contributed by atoms with Crippen LogP contribution in [0.5, 0.6) is 0 Å². The van der Waals surface area contributed by atoms with E-state index >= 15 is 0 Å². The number of ether oxygens (including phenoxy) is 1. The number of fused-ring (bicyclic) bond motifs is 6. The number of esters is 1. The van der Waals surface area contributed by atoms with Crippen molar-refractivity contribution in [1.29, 1.82) is 0 Å². The van der Waals surface area contributed by atoms with Crippen molar-refractivity contribution in [1.82, 2.24) is 4.98 Å². The fourth-order valence-electron chi connectivity index (χ4n) is 6.18. The number of aliphatic hydroxyl groups excluding tert-OH is 1. The molecule has 4 aromatic rings. The number of anilines is 1. The van der Waals surface area contributed by atoms with Crippen LogP contribution in [0.4, 0.5) is 5.69 Å². The number of H-pyrrole nitrogens is 1. The van der Waals surface area contributed by atoms with Gasteiger partial charge in [-0.05, 0) is 36.2 Å². The van der Waals surface area contributed by atoms with Gasteiger partial charge in [0.15, 0.2) is 0 Å². The van der Waals surface area contributed by atoms with E-state index in [0.717, 1.165) is 22.2 Å². The topological polar surface area (TPSA) is 82.6 Å². The minimum Gasteiger partial charge on any atom is -0.511 e. The fraction of sp³-hybridized carbons (Fsp3) is 0.200. The van der Waals surface area contributed by atoms with Crippen molar-refractivity contribution in [2.75, 3.05) is 18.6 Å². The number of halogens is 1. The number of hydrogen-bond donors (Lipinski definition) is 2. The molecule has 1 aliphatic carbocycles. The molecule has 0 radical (unpaired) electrons. The number of carbonyl (C=O) groups is 2. The van der Waals surface area contributed by atoms with E-state index in [1.807, 2.05) is 60.7 Å².